The van der Waals surface area contributed by atoms with E-state index < -0.39 is 29.8 Å². The number of benzene rings is 2. The smallest absolute Gasteiger partial charge is 0.390 e. The first-order chi connectivity index (χ1) is 20.5. The minimum absolute atomic E-state index is 0.00637. The molecule has 226 valence electrons. The summed E-state index contributed by atoms with van der Waals surface area (Å²) in [6, 6.07) is 15.9. The van der Waals surface area contributed by atoms with Gasteiger partial charge in [-0.3, -0.25) is 14.6 Å². The molecule has 0 spiro atoms. The van der Waals surface area contributed by atoms with Gasteiger partial charge in [0.05, 0.1) is 24.3 Å². The molecule has 0 fully saturated rings. The number of pyridine rings is 1. The van der Waals surface area contributed by atoms with Gasteiger partial charge in [0.2, 0.25) is 0 Å². The van der Waals surface area contributed by atoms with Gasteiger partial charge in [-0.1, -0.05) is 36.4 Å². The maximum absolute atomic E-state index is 13.3. The van der Waals surface area contributed by atoms with Gasteiger partial charge in [0.1, 0.15) is 5.01 Å². The Labute approximate surface area is 251 Å². The van der Waals surface area contributed by atoms with Crippen LogP contribution in [0.4, 0.5) is 13.2 Å². The quantitative estimate of drug-likeness (QED) is 0.216. The normalized spacial score (nSPS) is 12.9. The topological polar surface area (TPSA) is 107 Å². The number of aromatic nitrogens is 2. The Hall–Kier alpha value is -4.13. The average molecular weight is 612 g/mol. The molecule has 8 nitrogen and oxygen atoms in total. The lowest BCUT2D eigenvalue weighted by atomic mass is 10.00. The zero-order chi connectivity index (χ0) is 31.0. The molecule has 2 amide bonds. The van der Waals surface area contributed by atoms with Crippen molar-refractivity contribution in [3.8, 4) is 0 Å². The summed E-state index contributed by atoms with van der Waals surface area (Å²) in [5.41, 5.74) is 1.79. The maximum Gasteiger partial charge on any atom is 0.417 e. The number of amides is 2. The van der Waals surface area contributed by atoms with Crippen molar-refractivity contribution in [2.75, 3.05) is 13.6 Å². The van der Waals surface area contributed by atoms with Crippen LogP contribution in [-0.4, -0.2) is 57.5 Å². The number of carbonyl (C=O) groups is 2. The second-order valence-electron chi connectivity index (χ2n) is 10.2. The minimum Gasteiger partial charge on any atom is -0.390 e. The van der Waals surface area contributed by atoms with E-state index >= 15 is 0 Å². The van der Waals surface area contributed by atoms with Crippen LogP contribution in [0.2, 0.25) is 0 Å². The number of hydrogen-bond donors (Lipinski definition) is 3. The van der Waals surface area contributed by atoms with E-state index in [2.05, 4.69) is 20.6 Å². The van der Waals surface area contributed by atoms with Crippen LogP contribution < -0.4 is 10.6 Å². The minimum atomic E-state index is -4.51. The number of hydrogen-bond acceptors (Lipinski definition) is 7. The molecule has 0 aliphatic rings. The first-order valence-corrected chi connectivity index (χ1v) is 14.4. The van der Waals surface area contributed by atoms with Crippen LogP contribution in [0.25, 0.3) is 0 Å². The lowest BCUT2D eigenvalue weighted by Crippen LogP contribution is -2.48. The summed E-state index contributed by atoms with van der Waals surface area (Å²) in [4.78, 5) is 36.0. The average Bonchev–Trinajstić information content (AvgIpc) is 3.40. The highest BCUT2D eigenvalue weighted by molar-refractivity contribution is 7.09. The summed E-state index contributed by atoms with van der Waals surface area (Å²) in [6.45, 7) is 2.25. The van der Waals surface area contributed by atoms with Crippen LogP contribution in [-0.2, 0) is 25.7 Å². The molecule has 0 saturated heterocycles. The molecule has 0 aliphatic heterocycles. The van der Waals surface area contributed by atoms with E-state index in [4.69, 9.17) is 0 Å². The predicted octanol–water partition coefficient (Wildman–Crippen LogP) is 4.63. The van der Waals surface area contributed by atoms with Gasteiger partial charge in [0.25, 0.3) is 11.8 Å². The van der Waals surface area contributed by atoms with Crippen molar-refractivity contribution in [2.45, 2.75) is 44.8 Å². The van der Waals surface area contributed by atoms with E-state index in [9.17, 15) is 27.9 Å². The summed E-state index contributed by atoms with van der Waals surface area (Å²) in [5.74, 6) is -0.744. The summed E-state index contributed by atoms with van der Waals surface area (Å²) in [7, 11) is 1.67. The van der Waals surface area contributed by atoms with Crippen molar-refractivity contribution in [2.24, 2.45) is 0 Å². The molecule has 3 N–H and O–H groups in total. The number of aryl methyl sites for hydroxylation is 1. The van der Waals surface area contributed by atoms with Crippen molar-refractivity contribution < 1.29 is 27.9 Å². The van der Waals surface area contributed by atoms with Gasteiger partial charge in [-0.15, -0.1) is 11.3 Å². The van der Waals surface area contributed by atoms with Gasteiger partial charge in [-0.2, -0.15) is 13.2 Å². The Morgan fingerprint density at radius 3 is 2.47 bits per heavy atom. The number of rotatable bonds is 12. The molecule has 2 aromatic heterocycles. The standard InChI is InChI=1S/C31H32F3N5O3S/c1-20-19-43-28(37-20)18-39(2)30(42)24-10-6-9-23(13-24)29(41)38-26(12-21-7-4-3-5-8-21)27(40)17-36-15-22-11-25(16-35-14-22)31(32,33)34/h3-11,13-14,16,19,26-27,36,40H,12,15,17-18H2,1-2H3,(H,38,41)/t26-,27+/m0/s1. The second kappa shape index (κ2) is 14.4. The summed E-state index contributed by atoms with van der Waals surface area (Å²) < 4.78 is 39.1. The molecule has 4 rings (SSSR count). The van der Waals surface area contributed by atoms with Crippen LogP contribution in [0.1, 0.15) is 48.1 Å². The molecular weight excluding hydrogens is 579 g/mol. The number of thiazole rings is 1. The fraction of sp³-hybridized carbons (Fsp3) is 0.290. The molecule has 2 aromatic carbocycles. The third-order valence-corrected chi connectivity index (χ3v) is 7.59. The van der Waals surface area contributed by atoms with Crippen LogP contribution >= 0.6 is 11.3 Å². The van der Waals surface area contributed by atoms with Crippen LogP contribution in [0.15, 0.2) is 78.4 Å². The van der Waals surface area contributed by atoms with Gasteiger partial charge >= 0.3 is 6.18 Å². The monoisotopic (exact) mass is 611 g/mol. The maximum atomic E-state index is 13.3. The molecular formula is C31H32F3N5O3S. The van der Waals surface area contributed by atoms with Crippen molar-refractivity contribution in [3.63, 3.8) is 0 Å². The molecule has 0 unspecified atom stereocenters. The molecule has 12 heteroatoms. The third kappa shape index (κ3) is 9.18. The Morgan fingerprint density at radius 1 is 1.02 bits per heavy atom. The molecule has 2 heterocycles. The molecule has 0 saturated carbocycles. The highest BCUT2D eigenvalue weighted by Crippen LogP contribution is 2.28. The molecule has 2 atom stereocenters. The Bertz CT molecular complexity index is 1530. The fourth-order valence-electron chi connectivity index (χ4n) is 4.41. The first-order valence-electron chi connectivity index (χ1n) is 13.5. The van der Waals surface area contributed by atoms with E-state index in [1.165, 1.54) is 28.5 Å². The van der Waals surface area contributed by atoms with Crippen LogP contribution in [0.5, 0.6) is 0 Å². The SMILES string of the molecule is Cc1csc(CN(C)C(=O)c2cccc(C(=O)N[C@@H](Cc3ccccc3)[C@H](O)CNCc3cncc(C(F)(F)F)c3)c2)n1. The van der Waals surface area contributed by atoms with Gasteiger partial charge in [-0.05, 0) is 48.7 Å². The molecule has 0 bridgehead atoms. The Kier molecular flexibility index (Phi) is 10.6. The summed E-state index contributed by atoms with van der Waals surface area (Å²) in [6.07, 6.45) is -3.21. The fourth-order valence-corrected chi connectivity index (χ4v) is 5.24. The number of nitrogens with zero attached hydrogens (tertiary/aromatic N) is 3. The predicted molar refractivity (Wildman–Crippen MR) is 157 cm³/mol. The van der Waals surface area contributed by atoms with E-state index in [-0.39, 0.29) is 24.6 Å². The largest absolute Gasteiger partial charge is 0.417 e. The number of halogens is 3. The third-order valence-electron chi connectivity index (χ3n) is 6.64. The highest BCUT2D eigenvalue weighted by atomic mass is 32.1. The zero-order valence-corrected chi connectivity index (χ0v) is 24.5. The molecule has 43 heavy (non-hydrogen) atoms. The van der Waals surface area contributed by atoms with Gasteiger partial charge < -0.3 is 20.6 Å². The second-order valence-corrected chi connectivity index (χ2v) is 11.1. The molecule has 0 radical (unpaired) electrons. The number of alkyl halides is 3. The number of aliphatic hydroxyl groups excluding tert-OH is 1. The van der Waals surface area contributed by atoms with Crippen molar-refractivity contribution in [3.05, 3.63) is 117 Å². The van der Waals surface area contributed by atoms with E-state index in [1.807, 2.05) is 42.6 Å². The van der Waals surface area contributed by atoms with E-state index in [0.29, 0.717) is 24.1 Å². The lowest BCUT2D eigenvalue weighted by Gasteiger charge is -2.25. The van der Waals surface area contributed by atoms with Crippen molar-refractivity contribution in [1.29, 1.82) is 0 Å². The summed E-state index contributed by atoms with van der Waals surface area (Å²) >= 11 is 1.47. The van der Waals surface area contributed by atoms with E-state index in [0.717, 1.165) is 28.5 Å². The van der Waals surface area contributed by atoms with Gasteiger partial charge in [0.15, 0.2) is 0 Å². The van der Waals surface area contributed by atoms with Crippen molar-refractivity contribution >= 4 is 23.2 Å². The van der Waals surface area contributed by atoms with Gasteiger partial charge in [-0.25, -0.2) is 4.98 Å². The number of nitrogens with one attached hydrogen (secondary N) is 2. The van der Waals surface area contributed by atoms with E-state index in [1.54, 1.807) is 25.2 Å². The summed E-state index contributed by atoms with van der Waals surface area (Å²) in [5, 5.41) is 19.6. The van der Waals surface area contributed by atoms with Crippen molar-refractivity contribution in [1.82, 2.24) is 25.5 Å². The Morgan fingerprint density at radius 2 is 1.77 bits per heavy atom. The number of aliphatic hydroxyl groups is 1. The Balaban J connectivity index is 1.42. The van der Waals surface area contributed by atoms with Crippen LogP contribution in [0, 0.1) is 6.92 Å². The highest BCUT2D eigenvalue weighted by Gasteiger charge is 2.31. The van der Waals surface area contributed by atoms with Crippen LogP contribution in [0.3, 0.4) is 0 Å². The van der Waals surface area contributed by atoms with Gasteiger partial charge in [0, 0.05) is 54.7 Å². The lowest BCUT2D eigenvalue weighted by molar-refractivity contribution is -0.137. The first kappa shape index (κ1) is 31.8. The molecule has 4 aromatic rings. The number of carbonyl (C=O) groups excluding carboxylic acids is 2. The molecule has 0 aliphatic carbocycles. The zero-order valence-electron chi connectivity index (χ0n) is 23.6.